The predicted molar refractivity (Wildman–Crippen MR) is 98.1 cm³/mol. The van der Waals surface area contributed by atoms with E-state index < -0.39 is 0 Å². The second kappa shape index (κ2) is 7.76. The Kier molecular flexibility index (Phi) is 5.46. The fourth-order valence-corrected chi connectivity index (χ4v) is 3.57. The van der Waals surface area contributed by atoms with Crippen molar-refractivity contribution in [3.05, 3.63) is 24.3 Å². The number of anilines is 1. The van der Waals surface area contributed by atoms with Crippen molar-refractivity contribution in [2.24, 2.45) is 5.41 Å². The molecule has 2 aliphatic rings. The van der Waals surface area contributed by atoms with E-state index >= 15 is 0 Å². The standard InChI is InChI=1S/C13H15N5O.C6H12/c1-13(2)4-11-9(5-17-18(11)6-13)10-3-12(16-8-19)15-7-14-10;1-2-4-6-5-3-1/h3,5,7-8H,4,6H2,1-2H3,(H,14,15,16,19);1-6H2. The normalized spacial score (nSPS) is 18.0. The summed E-state index contributed by atoms with van der Waals surface area (Å²) in [4.78, 5) is 18.7. The molecule has 25 heavy (non-hydrogen) atoms. The molecule has 0 spiro atoms. The first-order valence-electron chi connectivity index (χ1n) is 9.16. The van der Waals surface area contributed by atoms with Crippen molar-refractivity contribution in [1.82, 2.24) is 19.7 Å². The summed E-state index contributed by atoms with van der Waals surface area (Å²) in [5.74, 6) is 0.497. The smallest absolute Gasteiger partial charge is 0.212 e. The van der Waals surface area contributed by atoms with Crippen LogP contribution in [0.15, 0.2) is 18.6 Å². The van der Waals surface area contributed by atoms with E-state index in [1.165, 1.54) is 50.5 Å². The van der Waals surface area contributed by atoms with Gasteiger partial charge in [0, 0.05) is 23.9 Å². The first-order valence-corrected chi connectivity index (χ1v) is 9.16. The number of carbonyl (C=O) groups is 1. The number of nitrogens with one attached hydrogen (secondary N) is 1. The number of rotatable bonds is 3. The van der Waals surface area contributed by atoms with Crippen LogP contribution in [0.25, 0.3) is 11.3 Å². The number of hydrogen-bond donors (Lipinski definition) is 1. The Balaban J connectivity index is 0.000000258. The Morgan fingerprint density at radius 2 is 1.80 bits per heavy atom. The van der Waals surface area contributed by atoms with Gasteiger partial charge in [-0.1, -0.05) is 52.4 Å². The second-order valence-electron chi connectivity index (χ2n) is 7.68. The third-order valence-corrected chi connectivity index (χ3v) is 4.82. The highest BCUT2D eigenvalue weighted by atomic mass is 16.1. The van der Waals surface area contributed by atoms with Crippen LogP contribution in [0.1, 0.15) is 58.1 Å². The Bertz CT molecular complexity index is 707. The summed E-state index contributed by atoms with van der Waals surface area (Å²) in [7, 11) is 0. The number of nitrogens with zero attached hydrogens (tertiary/aromatic N) is 4. The molecule has 6 nitrogen and oxygen atoms in total. The lowest BCUT2D eigenvalue weighted by Gasteiger charge is -2.14. The van der Waals surface area contributed by atoms with Crippen molar-refractivity contribution >= 4 is 12.2 Å². The summed E-state index contributed by atoms with van der Waals surface area (Å²) >= 11 is 0. The number of amides is 1. The molecule has 134 valence electrons. The molecule has 1 saturated carbocycles. The summed E-state index contributed by atoms with van der Waals surface area (Å²) in [5, 5.41) is 6.95. The van der Waals surface area contributed by atoms with Gasteiger partial charge in [0.1, 0.15) is 12.1 Å². The first-order chi connectivity index (χ1) is 12.1. The van der Waals surface area contributed by atoms with Crippen LogP contribution < -0.4 is 5.32 Å². The van der Waals surface area contributed by atoms with Crippen LogP contribution in [0.3, 0.4) is 0 Å². The van der Waals surface area contributed by atoms with Crippen LogP contribution in [0, 0.1) is 5.41 Å². The van der Waals surface area contributed by atoms with Gasteiger partial charge >= 0.3 is 0 Å². The monoisotopic (exact) mass is 341 g/mol. The molecule has 6 heteroatoms. The minimum Gasteiger partial charge on any atom is -0.313 e. The minimum absolute atomic E-state index is 0.231. The Morgan fingerprint density at radius 1 is 1.12 bits per heavy atom. The maximum Gasteiger partial charge on any atom is 0.212 e. The highest BCUT2D eigenvalue weighted by molar-refractivity contribution is 5.72. The van der Waals surface area contributed by atoms with Crippen molar-refractivity contribution in [1.29, 1.82) is 0 Å². The SMILES string of the molecule is C1CCCCC1.CC1(C)Cc2c(-c3cc(NC=O)ncn3)cnn2C1. The van der Waals surface area contributed by atoms with Gasteiger partial charge in [-0.15, -0.1) is 0 Å². The molecule has 1 amide bonds. The zero-order chi connectivity index (χ0) is 17.7. The van der Waals surface area contributed by atoms with Crippen LogP contribution >= 0.6 is 0 Å². The lowest BCUT2D eigenvalue weighted by Crippen LogP contribution is -2.12. The summed E-state index contributed by atoms with van der Waals surface area (Å²) in [6.45, 7) is 5.38. The van der Waals surface area contributed by atoms with Gasteiger partial charge in [0.15, 0.2) is 0 Å². The van der Waals surface area contributed by atoms with Crippen LogP contribution in [0.5, 0.6) is 0 Å². The fourth-order valence-electron chi connectivity index (χ4n) is 3.57. The zero-order valence-electron chi connectivity index (χ0n) is 15.2. The van der Waals surface area contributed by atoms with Gasteiger partial charge in [0.2, 0.25) is 6.41 Å². The molecule has 0 saturated heterocycles. The Labute approximate surface area is 149 Å². The van der Waals surface area contributed by atoms with Crippen LogP contribution in [0.2, 0.25) is 0 Å². The van der Waals surface area contributed by atoms with Crippen molar-refractivity contribution < 1.29 is 4.79 Å². The Morgan fingerprint density at radius 3 is 2.44 bits per heavy atom. The van der Waals surface area contributed by atoms with Gasteiger partial charge in [0.25, 0.3) is 0 Å². The molecular formula is C19H27N5O. The average Bonchev–Trinajstić information content (AvgIpc) is 3.12. The van der Waals surface area contributed by atoms with Crippen LogP contribution in [0.4, 0.5) is 5.82 Å². The largest absolute Gasteiger partial charge is 0.313 e. The molecule has 0 bridgehead atoms. The topological polar surface area (TPSA) is 72.7 Å². The van der Waals surface area contributed by atoms with E-state index in [9.17, 15) is 4.79 Å². The summed E-state index contributed by atoms with van der Waals surface area (Å²) < 4.78 is 2.03. The maximum absolute atomic E-state index is 10.5. The van der Waals surface area contributed by atoms with E-state index in [0.29, 0.717) is 12.2 Å². The van der Waals surface area contributed by atoms with Gasteiger partial charge < -0.3 is 5.32 Å². The predicted octanol–water partition coefficient (Wildman–Crippen LogP) is 3.83. The van der Waals surface area contributed by atoms with E-state index in [0.717, 1.165) is 24.2 Å². The lowest BCUT2D eigenvalue weighted by atomic mass is 9.90. The summed E-state index contributed by atoms with van der Waals surface area (Å²) in [6.07, 6.45) is 13.9. The third kappa shape index (κ3) is 4.44. The van der Waals surface area contributed by atoms with Gasteiger partial charge in [0.05, 0.1) is 11.9 Å². The van der Waals surface area contributed by atoms with Gasteiger partial charge in [-0.3, -0.25) is 9.48 Å². The second-order valence-corrected chi connectivity index (χ2v) is 7.68. The highest BCUT2D eigenvalue weighted by Crippen LogP contribution is 2.36. The lowest BCUT2D eigenvalue weighted by molar-refractivity contribution is -0.105. The first kappa shape index (κ1) is 17.6. The molecule has 0 unspecified atom stereocenters. The molecule has 2 aromatic rings. The highest BCUT2D eigenvalue weighted by Gasteiger charge is 2.31. The van der Waals surface area contributed by atoms with Crippen molar-refractivity contribution in [2.45, 2.75) is 65.3 Å². The quantitative estimate of drug-likeness (QED) is 0.861. The molecule has 2 aromatic heterocycles. The molecule has 3 heterocycles. The van der Waals surface area contributed by atoms with Gasteiger partial charge in [-0.25, -0.2) is 9.97 Å². The molecule has 1 aliphatic carbocycles. The number of aromatic nitrogens is 4. The Hall–Kier alpha value is -2.24. The van der Waals surface area contributed by atoms with Crippen molar-refractivity contribution in [3.8, 4) is 11.3 Å². The summed E-state index contributed by atoms with van der Waals surface area (Å²) in [6, 6.07) is 1.76. The average molecular weight is 341 g/mol. The molecule has 4 rings (SSSR count). The molecular weight excluding hydrogens is 314 g/mol. The van der Waals surface area contributed by atoms with Crippen LogP contribution in [-0.2, 0) is 17.8 Å². The summed E-state index contributed by atoms with van der Waals surface area (Å²) in [5.41, 5.74) is 3.23. The van der Waals surface area contributed by atoms with E-state index in [-0.39, 0.29) is 5.41 Å². The van der Waals surface area contributed by atoms with E-state index in [1.807, 2.05) is 10.9 Å². The van der Waals surface area contributed by atoms with Gasteiger partial charge in [-0.05, 0) is 11.8 Å². The molecule has 1 N–H and O–H groups in total. The van der Waals surface area contributed by atoms with E-state index in [4.69, 9.17) is 0 Å². The molecule has 0 radical (unpaired) electrons. The number of carbonyl (C=O) groups excluding carboxylic acids is 1. The molecule has 1 fully saturated rings. The molecule has 0 aromatic carbocycles. The fraction of sp³-hybridized carbons (Fsp3) is 0.579. The zero-order valence-corrected chi connectivity index (χ0v) is 15.2. The maximum atomic E-state index is 10.5. The van der Waals surface area contributed by atoms with Crippen molar-refractivity contribution in [3.63, 3.8) is 0 Å². The van der Waals surface area contributed by atoms with Gasteiger partial charge in [-0.2, -0.15) is 5.10 Å². The minimum atomic E-state index is 0.231. The van der Waals surface area contributed by atoms with Crippen LogP contribution in [-0.4, -0.2) is 26.2 Å². The van der Waals surface area contributed by atoms with E-state index in [2.05, 4.69) is 34.2 Å². The third-order valence-electron chi connectivity index (χ3n) is 4.82. The van der Waals surface area contributed by atoms with Crippen molar-refractivity contribution in [2.75, 3.05) is 5.32 Å². The number of hydrogen-bond acceptors (Lipinski definition) is 4. The van der Waals surface area contributed by atoms with E-state index in [1.54, 1.807) is 6.07 Å². The number of fused-ring (bicyclic) bond motifs is 1. The molecule has 1 aliphatic heterocycles. The molecule has 0 atom stereocenters.